The molecule has 0 saturated heterocycles. The first-order valence-corrected chi connectivity index (χ1v) is 6.74. The van der Waals surface area contributed by atoms with Crippen LogP contribution in [0.3, 0.4) is 0 Å². The Kier molecular flexibility index (Phi) is 4.63. The van der Waals surface area contributed by atoms with Gasteiger partial charge in [0.1, 0.15) is 11.4 Å². The number of methoxy groups -OCH3 is 1. The quantitative estimate of drug-likeness (QED) is 0.889. The van der Waals surface area contributed by atoms with E-state index in [1.54, 1.807) is 25.4 Å². The van der Waals surface area contributed by atoms with Gasteiger partial charge in [-0.3, -0.25) is 4.79 Å². The Labute approximate surface area is 120 Å². The number of ether oxygens (including phenoxy) is 1. The highest BCUT2D eigenvalue weighted by atomic mass is 79.9. The SMILES string of the molecule is COc1ccc(CCNC(=O)c2ccc[nH]2)cc1Br. The molecule has 0 unspecified atom stereocenters. The summed E-state index contributed by atoms with van der Waals surface area (Å²) < 4.78 is 6.09. The summed E-state index contributed by atoms with van der Waals surface area (Å²) in [6.45, 7) is 0.594. The monoisotopic (exact) mass is 322 g/mol. The number of carbonyl (C=O) groups is 1. The average Bonchev–Trinajstić information content (AvgIpc) is 2.93. The average molecular weight is 323 g/mol. The Morgan fingerprint density at radius 3 is 2.89 bits per heavy atom. The summed E-state index contributed by atoms with van der Waals surface area (Å²) in [5.74, 6) is 0.719. The van der Waals surface area contributed by atoms with Crippen LogP contribution >= 0.6 is 15.9 Å². The van der Waals surface area contributed by atoms with E-state index in [0.717, 1.165) is 22.2 Å². The summed E-state index contributed by atoms with van der Waals surface area (Å²) in [5, 5.41) is 2.86. The van der Waals surface area contributed by atoms with E-state index in [-0.39, 0.29) is 5.91 Å². The van der Waals surface area contributed by atoms with Gasteiger partial charge in [0, 0.05) is 12.7 Å². The molecule has 0 spiro atoms. The molecule has 0 radical (unpaired) electrons. The van der Waals surface area contributed by atoms with Gasteiger partial charge in [0.15, 0.2) is 0 Å². The van der Waals surface area contributed by atoms with Gasteiger partial charge < -0.3 is 15.0 Å². The van der Waals surface area contributed by atoms with E-state index >= 15 is 0 Å². The van der Waals surface area contributed by atoms with Crippen molar-refractivity contribution in [3.8, 4) is 5.75 Å². The third-order valence-corrected chi connectivity index (χ3v) is 3.38. The highest BCUT2D eigenvalue weighted by molar-refractivity contribution is 9.10. The molecule has 2 N–H and O–H groups in total. The molecular weight excluding hydrogens is 308 g/mol. The van der Waals surface area contributed by atoms with Gasteiger partial charge in [0.25, 0.3) is 5.91 Å². The van der Waals surface area contributed by atoms with Crippen molar-refractivity contribution in [3.63, 3.8) is 0 Å². The number of H-pyrrole nitrogens is 1. The standard InChI is InChI=1S/C14H15BrN2O2/c1-19-13-5-4-10(9-11(13)15)6-8-17-14(18)12-3-2-7-16-12/h2-5,7,9,16H,6,8H2,1H3,(H,17,18). The molecule has 19 heavy (non-hydrogen) atoms. The fraction of sp³-hybridized carbons (Fsp3) is 0.214. The number of hydrogen-bond donors (Lipinski definition) is 2. The molecule has 2 aromatic rings. The largest absolute Gasteiger partial charge is 0.496 e. The van der Waals surface area contributed by atoms with Crippen LogP contribution in [0.25, 0.3) is 0 Å². The first-order valence-electron chi connectivity index (χ1n) is 5.94. The highest BCUT2D eigenvalue weighted by Crippen LogP contribution is 2.25. The number of hydrogen-bond acceptors (Lipinski definition) is 2. The number of rotatable bonds is 5. The molecule has 100 valence electrons. The molecule has 1 amide bonds. The van der Waals surface area contributed by atoms with Gasteiger partial charge in [-0.1, -0.05) is 6.07 Å². The summed E-state index contributed by atoms with van der Waals surface area (Å²) in [4.78, 5) is 14.6. The lowest BCUT2D eigenvalue weighted by atomic mass is 10.1. The Bertz CT molecular complexity index is 553. The van der Waals surface area contributed by atoms with E-state index in [4.69, 9.17) is 4.74 Å². The number of carbonyl (C=O) groups excluding carboxylic acids is 1. The van der Waals surface area contributed by atoms with Crippen molar-refractivity contribution in [1.82, 2.24) is 10.3 Å². The van der Waals surface area contributed by atoms with Crippen LogP contribution in [-0.2, 0) is 6.42 Å². The number of nitrogens with one attached hydrogen (secondary N) is 2. The van der Waals surface area contributed by atoms with Crippen molar-refractivity contribution in [2.75, 3.05) is 13.7 Å². The van der Waals surface area contributed by atoms with Gasteiger partial charge in [-0.2, -0.15) is 0 Å². The highest BCUT2D eigenvalue weighted by Gasteiger charge is 2.05. The minimum Gasteiger partial charge on any atom is -0.496 e. The van der Waals surface area contributed by atoms with E-state index in [2.05, 4.69) is 26.2 Å². The van der Waals surface area contributed by atoms with Crippen LogP contribution in [0.5, 0.6) is 5.75 Å². The second-order valence-electron chi connectivity index (χ2n) is 4.06. The molecule has 1 aromatic heterocycles. The third kappa shape index (κ3) is 3.61. The number of halogens is 1. The molecule has 0 aliphatic heterocycles. The Morgan fingerprint density at radius 2 is 2.26 bits per heavy atom. The number of aromatic amines is 1. The minimum absolute atomic E-state index is 0.0856. The maximum absolute atomic E-state index is 11.7. The molecule has 0 saturated carbocycles. The first-order chi connectivity index (χ1) is 9.20. The lowest BCUT2D eigenvalue weighted by Crippen LogP contribution is -2.25. The van der Waals surface area contributed by atoms with Crippen LogP contribution < -0.4 is 10.1 Å². The summed E-state index contributed by atoms with van der Waals surface area (Å²) in [6.07, 6.45) is 2.50. The number of benzene rings is 1. The Balaban J connectivity index is 1.86. The molecule has 0 bridgehead atoms. The summed E-state index contributed by atoms with van der Waals surface area (Å²) >= 11 is 3.44. The van der Waals surface area contributed by atoms with Crippen molar-refractivity contribution in [3.05, 3.63) is 52.3 Å². The predicted octanol–water partition coefficient (Wildman–Crippen LogP) is 2.76. The zero-order valence-electron chi connectivity index (χ0n) is 10.6. The smallest absolute Gasteiger partial charge is 0.267 e. The molecule has 2 rings (SSSR count). The van der Waals surface area contributed by atoms with E-state index in [1.807, 2.05) is 18.2 Å². The second kappa shape index (κ2) is 6.43. The van der Waals surface area contributed by atoms with E-state index in [9.17, 15) is 4.79 Å². The molecule has 4 nitrogen and oxygen atoms in total. The topological polar surface area (TPSA) is 54.1 Å². The third-order valence-electron chi connectivity index (χ3n) is 2.76. The van der Waals surface area contributed by atoms with Crippen LogP contribution in [0.4, 0.5) is 0 Å². The number of amides is 1. The van der Waals surface area contributed by atoms with Gasteiger partial charge in [-0.15, -0.1) is 0 Å². The Hall–Kier alpha value is -1.75. The van der Waals surface area contributed by atoms with Gasteiger partial charge in [-0.05, 0) is 52.2 Å². The molecule has 0 atom stereocenters. The summed E-state index contributed by atoms with van der Waals surface area (Å²) in [5.41, 5.74) is 1.72. The van der Waals surface area contributed by atoms with E-state index in [0.29, 0.717) is 12.2 Å². The lowest BCUT2D eigenvalue weighted by molar-refractivity contribution is 0.0950. The van der Waals surface area contributed by atoms with E-state index in [1.165, 1.54) is 0 Å². The summed E-state index contributed by atoms with van der Waals surface area (Å²) in [6, 6.07) is 9.45. The fourth-order valence-corrected chi connectivity index (χ4v) is 2.34. The number of aromatic nitrogens is 1. The normalized spacial score (nSPS) is 10.2. The van der Waals surface area contributed by atoms with Crippen LogP contribution in [-0.4, -0.2) is 24.5 Å². The molecule has 0 fully saturated rings. The second-order valence-corrected chi connectivity index (χ2v) is 4.91. The fourth-order valence-electron chi connectivity index (χ4n) is 1.75. The van der Waals surface area contributed by atoms with E-state index < -0.39 is 0 Å². The zero-order chi connectivity index (χ0) is 13.7. The van der Waals surface area contributed by atoms with Gasteiger partial charge in [0.2, 0.25) is 0 Å². The van der Waals surface area contributed by atoms with Crippen LogP contribution in [0.2, 0.25) is 0 Å². The zero-order valence-corrected chi connectivity index (χ0v) is 12.2. The molecule has 0 aliphatic carbocycles. The van der Waals surface area contributed by atoms with Gasteiger partial charge in [0.05, 0.1) is 11.6 Å². The molecular formula is C14H15BrN2O2. The maximum atomic E-state index is 11.7. The van der Waals surface area contributed by atoms with Crippen LogP contribution in [0.1, 0.15) is 16.1 Å². The van der Waals surface area contributed by atoms with Gasteiger partial charge in [-0.25, -0.2) is 0 Å². The molecule has 1 heterocycles. The van der Waals surface area contributed by atoms with Crippen LogP contribution in [0, 0.1) is 0 Å². The lowest BCUT2D eigenvalue weighted by Gasteiger charge is -2.07. The first kappa shape index (κ1) is 13.7. The molecule has 0 aliphatic rings. The molecule has 5 heteroatoms. The van der Waals surface area contributed by atoms with Crippen molar-refractivity contribution < 1.29 is 9.53 Å². The van der Waals surface area contributed by atoms with Gasteiger partial charge >= 0.3 is 0 Å². The molecule has 1 aromatic carbocycles. The van der Waals surface area contributed by atoms with Crippen molar-refractivity contribution in [2.45, 2.75) is 6.42 Å². The van der Waals surface area contributed by atoms with Crippen molar-refractivity contribution >= 4 is 21.8 Å². The maximum Gasteiger partial charge on any atom is 0.267 e. The summed E-state index contributed by atoms with van der Waals surface area (Å²) in [7, 11) is 1.64. The van der Waals surface area contributed by atoms with Crippen LogP contribution in [0.15, 0.2) is 41.0 Å². The predicted molar refractivity (Wildman–Crippen MR) is 77.5 cm³/mol. The van der Waals surface area contributed by atoms with Crippen molar-refractivity contribution in [1.29, 1.82) is 0 Å². The van der Waals surface area contributed by atoms with Crippen molar-refractivity contribution in [2.24, 2.45) is 0 Å². The Morgan fingerprint density at radius 1 is 1.42 bits per heavy atom. The minimum atomic E-state index is -0.0856.